The Morgan fingerprint density at radius 2 is 2.17 bits per heavy atom. The SMILES string of the molecule is CNc1ccccc1C(=O)N1CCC(O)C(C)C1. The Bertz CT molecular complexity index is 434. The maximum absolute atomic E-state index is 12.4. The smallest absolute Gasteiger partial charge is 0.255 e. The topological polar surface area (TPSA) is 52.6 Å². The lowest BCUT2D eigenvalue weighted by Crippen LogP contribution is -2.45. The maximum Gasteiger partial charge on any atom is 0.255 e. The van der Waals surface area contributed by atoms with Crippen LogP contribution in [0.5, 0.6) is 0 Å². The Morgan fingerprint density at radius 1 is 1.44 bits per heavy atom. The van der Waals surface area contributed by atoms with Crippen LogP contribution < -0.4 is 5.32 Å². The molecule has 1 aromatic rings. The minimum Gasteiger partial charge on any atom is -0.393 e. The van der Waals surface area contributed by atoms with E-state index in [2.05, 4.69) is 5.32 Å². The van der Waals surface area contributed by atoms with Gasteiger partial charge in [-0.2, -0.15) is 0 Å². The number of nitrogens with one attached hydrogen (secondary N) is 1. The molecule has 1 heterocycles. The number of rotatable bonds is 2. The number of aliphatic hydroxyl groups excluding tert-OH is 1. The molecule has 2 unspecified atom stereocenters. The van der Waals surface area contributed by atoms with Crippen molar-refractivity contribution in [3.8, 4) is 0 Å². The van der Waals surface area contributed by atoms with Gasteiger partial charge >= 0.3 is 0 Å². The molecule has 2 atom stereocenters. The Hall–Kier alpha value is -1.55. The van der Waals surface area contributed by atoms with Gasteiger partial charge < -0.3 is 15.3 Å². The molecule has 0 spiro atoms. The molecule has 1 saturated heterocycles. The minimum absolute atomic E-state index is 0.0405. The first kappa shape index (κ1) is 12.9. The Labute approximate surface area is 108 Å². The van der Waals surface area contributed by atoms with Crippen molar-refractivity contribution in [3.05, 3.63) is 29.8 Å². The summed E-state index contributed by atoms with van der Waals surface area (Å²) in [6.45, 7) is 3.23. The van der Waals surface area contributed by atoms with Gasteiger partial charge in [-0.25, -0.2) is 0 Å². The lowest BCUT2D eigenvalue weighted by Gasteiger charge is -2.34. The number of hydrogen-bond donors (Lipinski definition) is 2. The van der Waals surface area contributed by atoms with Crippen molar-refractivity contribution in [3.63, 3.8) is 0 Å². The highest BCUT2D eigenvalue weighted by atomic mass is 16.3. The number of aliphatic hydroxyl groups is 1. The van der Waals surface area contributed by atoms with E-state index in [0.29, 0.717) is 25.1 Å². The summed E-state index contributed by atoms with van der Waals surface area (Å²) in [6.07, 6.45) is 0.378. The van der Waals surface area contributed by atoms with Crippen LogP contribution in [0.2, 0.25) is 0 Å². The third kappa shape index (κ3) is 2.48. The summed E-state index contributed by atoms with van der Waals surface area (Å²) in [5.41, 5.74) is 1.55. The molecule has 1 amide bonds. The third-order valence-corrected chi connectivity index (χ3v) is 3.57. The monoisotopic (exact) mass is 248 g/mol. The summed E-state index contributed by atoms with van der Waals surface area (Å²) in [7, 11) is 1.81. The van der Waals surface area contributed by atoms with Crippen molar-refractivity contribution in [1.29, 1.82) is 0 Å². The number of nitrogens with zero attached hydrogens (tertiary/aromatic N) is 1. The molecule has 2 rings (SSSR count). The van der Waals surface area contributed by atoms with Crippen LogP contribution in [0, 0.1) is 5.92 Å². The van der Waals surface area contributed by atoms with E-state index < -0.39 is 0 Å². The van der Waals surface area contributed by atoms with E-state index in [-0.39, 0.29) is 17.9 Å². The Balaban J connectivity index is 2.16. The second kappa shape index (κ2) is 5.40. The molecule has 0 bridgehead atoms. The second-order valence-electron chi connectivity index (χ2n) is 4.88. The fraction of sp³-hybridized carbons (Fsp3) is 0.500. The molecule has 1 aromatic carbocycles. The number of carbonyl (C=O) groups is 1. The van der Waals surface area contributed by atoms with Crippen LogP contribution in [0.1, 0.15) is 23.7 Å². The standard InChI is InChI=1S/C14H20N2O2/c1-10-9-16(8-7-13(10)17)14(18)11-5-3-4-6-12(11)15-2/h3-6,10,13,15,17H,7-9H2,1-2H3. The van der Waals surface area contributed by atoms with E-state index in [4.69, 9.17) is 0 Å². The van der Waals surface area contributed by atoms with Crippen molar-refractivity contribution in [2.45, 2.75) is 19.4 Å². The summed E-state index contributed by atoms with van der Waals surface area (Å²) in [5, 5.41) is 12.7. The Morgan fingerprint density at radius 3 is 2.83 bits per heavy atom. The van der Waals surface area contributed by atoms with Crippen molar-refractivity contribution < 1.29 is 9.90 Å². The van der Waals surface area contributed by atoms with Gasteiger partial charge in [-0.3, -0.25) is 4.79 Å². The second-order valence-corrected chi connectivity index (χ2v) is 4.88. The first-order valence-corrected chi connectivity index (χ1v) is 6.37. The normalized spacial score (nSPS) is 23.8. The number of hydrogen-bond acceptors (Lipinski definition) is 3. The van der Waals surface area contributed by atoms with Crippen LogP contribution in [-0.2, 0) is 0 Å². The number of amides is 1. The highest BCUT2D eigenvalue weighted by molar-refractivity contribution is 5.99. The summed E-state index contributed by atoms with van der Waals surface area (Å²) in [6, 6.07) is 7.51. The lowest BCUT2D eigenvalue weighted by molar-refractivity contribution is 0.0298. The van der Waals surface area contributed by atoms with Gasteiger partial charge in [-0.05, 0) is 24.5 Å². The molecule has 1 fully saturated rings. The van der Waals surface area contributed by atoms with Crippen molar-refractivity contribution in [2.75, 3.05) is 25.5 Å². The largest absolute Gasteiger partial charge is 0.393 e. The molecular weight excluding hydrogens is 228 g/mol. The first-order valence-electron chi connectivity index (χ1n) is 6.37. The number of piperidine rings is 1. The summed E-state index contributed by atoms with van der Waals surface area (Å²) < 4.78 is 0. The molecule has 2 N–H and O–H groups in total. The number of likely N-dealkylation sites (tertiary alicyclic amines) is 1. The van der Waals surface area contributed by atoms with Crippen LogP contribution in [0.3, 0.4) is 0 Å². The maximum atomic E-state index is 12.4. The highest BCUT2D eigenvalue weighted by Gasteiger charge is 2.28. The van der Waals surface area contributed by atoms with Gasteiger partial charge in [0, 0.05) is 25.8 Å². The molecular formula is C14H20N2O2. The third-order valence-electron chi connectivity index (χ3n) is 3.57. The predicted molar refractivity (Wildman–Crippen MR) is 71.7 cm³/mol. The minimum atomic E-state index is -0.284. The molecule has 1 aliphatic rings. The quantitative estimate of drug-likeness (QED) is 0.835. The number of para-hydroxylation sites is 1. The fourth-order valence-electron chi connectivity index (χ4n) is 2.38. The number of anilines is 1. The van der Waals surface area contributed by atoms with E-state index in [0.717, 1.165) is 5.69 Å². The molecule has 0 aliphatic carbocycles. The van der Waals surface area contributed by atoms with Crippen molar-refractivity contribution in [2.24, 2.45) is 5.92 Å². The van der Waals surface area contributed by atoms with Crippen LogP contribution >= 0.6 is 0 Å². The van der Waals surface area contributed by atoms with E-state index in [1.807, 2.05) is 43.1 Å². The zero-order chi connectivity index (χ0) is 13.1. The number of benzene rings is 1. The van der Waals surface area contributed by atoms with Crippen LogP contribution in [0.4, 0.5) is 5.69 Å². The average Bonchev–Trinajstić information content (AvgIpc) is 2.41. The van der Waals surface area contributed by atoms with Gasteiger partial charge in [-0.15, -0.1) is 0 Å². The molecule has 4 heteroatoms. The zero-order valence-corrected chi connectivity index (χ0v) is 10.9. The van der Waals surface area contributed by atoms with Gasteiger partial charge in [0.15, 0.2) is 0 Å². The molecule has 18 heavy (non-hydrogen) atoms. The van der Waals surface area contributed by atoms with E-state index >= 15 is 0 Å². The van der Waals surface area contributed by atoms with Gasteiger partial charge in [0.25, 0.3) is 5.91 Å². The molecule has 4 nitrogen and oxygen atoms in total. The van der Waals surface area contributed by atoms with Gasteiger partial charge in [0.2, 0.25) is 0 Å². The molecule has 0 saturated carbocycles. The van der Waals surface area contributed by atoms with Gasteiger partial charge in [-0.1, -0.05) is 19.1 Å². The van der Waals surface area contributed by atoms with Crippen molar-refractivity contribution in [1.82, 2.24) is 4.90 Å². The lowest BCUT2D eigenvalue weighted by atomic mass is 9.96. The molecule has 0 aromatic heterocycles. The van der Waals surface area contributed by atoms with Crippen LogP contribution in [0.25, 0.3) is 0 Å². The molecule has 98 valence electrons. The fourth-order valence-corrected chi connectivity index (χ4v) is 2.38. The van der Waals surface area contributed by atoms with Gasteiger partial charge in [0.05, 0.1) is 11.7 Å². The van der Waals surface area contributed by atoms with E-state index in [1.54, 1.807) is 0 Å². The Kier molecular flexibility index (Phi) is 3.87. The highest BCUT2D eigenvalue weighted by Crippen LogP contribution is 2.22. The number of carbonyl (C=O) groups excluding carboxylic acids is 1. The van der Waals surface area contributed by atoms with E-state index in [1.165, 1.54) is 0 Å². The predicted octanol–water partition coefficient (Wildman–Crippen LogP) is 1.57. The van der Waals surface area contributed by atoms with Crippen LogP contribution in [-0.4, -0.2) is 42.2 Å². The van der Waals surface area contributed by atoms with Crippen LogP contribution in [0.15, 0.2) is 24.3 Å². The zero-order valence-electron chi connectivity index (χ0n) is 10.9. The molecule has 0 radical (unpaired) electrons. The summed E-state index contributed by atoms with van der Waals surface area (Å²) >= 11 is 0. The van der Waals surface area contributed by atoms with E-state index in [9.17, 15) is 9.90 Å². The first-order chi connectivity index (χ1) is 8.63. The van der Waals surface area contributed by atoms with Crippen molar-refractivity contribution >= 4 is 11.6 Å². The molecule has 1 aliphatic heterocycles. The summed E-state index contributed by atoms with van der Waals surface area (Å²) in [4.78, 5) is 14.3. The average molecular weight is 248 g/mol. The summed E-state index contributed by atoms with van der Waals surface area (Å²) in [5.74, 6) is 0.183. The van der Waals surface area contributed by atoms with Gasteiger partial charge in [0.1, 0.15) is 0 Å².